The van der Waals surface area contributed by atoms with Gasteiger partial charge in [0.1, 0.15) is 17.5 Å². The zero-order chi connectivity index (χ0) is 26.5. The molecule has 10 heteroatoms. The van der Waals surface area contributed by atoms with E-state index in [9.17, 15) is 4.79 Å². The van der Waals surface area contributed by atoms with Gasteiger partial charge < -0.3 is 25.9 Å². The van der Waals surface area contributed by atoms with E-state index in [-0.39, 0.29) is 11.6 Å². The number of nitrogens with one attached hydrogen (secondary N) is 3. The smallest absolute Gasteiger partial charge is 0.214 e. The van der Waals surface area contributed by atoms with Crippen LogP contribution in [0.2, 0.25) is 0 Å². The summed E-state index contributed by atoms with van der Waals surface area (Å²) in [6.07, 6.45) is 3.42. The van der Waals surface area contributed by atoms with Gasteiger partial charge in [-0.25, -0.2) is 14.6 Å². The maximum absolute atomic E-state index is 13.4. The molecule has 1 aliphatic rings. The zero-order valence-corrected chi connectivity index (χ0v) is 21.4. The number of rotatable bonds is 5. The van der Waals surface area contributed by atoms with E-state index in [1.165, 1.54) is 6.20 Å². The van der Waals surface area contributed by atoms with Crippen LogP contribution in [0.4, 0.5) is 11.6 Å². The Morgan fingerprint density at radius 2 is 1.77 bits per heavy atom. The third-order valence-electron chi connectivity index (χ3n) is 7.27. The van der Waals surface area contributed by atoms with Crippen LogP contribution in [0.5, 0.6) is 0 Å². The normalized spacial score (nSPS) is 13.9. The number of H-pyrrole nitrogens is 2. The van der Waals surface area contributed by atoms with Crippen molar-refractivity contribution in [2.45, 2.75) is 6.92 Å². The Bertz CT molecular complexity index is 1840. The highest BCUT2D eigenvalue weighted by Crippen LogP contribution is 2.28. The van der Waals surface area contributed by atoms with Crippen molar-refractivity contribution in [2.24, 2.45) is 0 Å². The van der Waals surface area contributed by atoms with Crippen molar-refractivity contribution in [1.29, 1.82) is 0 Å². The number of aryl methyl sites for hydroxylation is 1. The van der Waals surface area contributed by atoms with Crippen LogP contribution in [0.3, 0.4) is 0 Å². The van der Waals surface area contributed by atoms with E-state index in [2.05, 4.69) is 42.4 Å². The van der Waals surface area contributed by atoms with E-state index >= 15 is 0 Å². The standard InChI is InChI=1S/C29H27N9O/c1-17-34-23-6-5-21(14-25(23)35-17)38-29(30)22(16-33-38)28(39)26-13-19-3-2-18(12-24(19)36-26)20-4-7-27(32-15-20)37-10-8-31-9-11-37/h2-7,12-16,31,36H,8-11,30H2,1H3,(H,34,35). The van der Waals surface area contributed by atoms with Crippen LogP contribution in [-0.4, -0.2) is 61.7 Å². The van der Waals surface area contributed by atoms with Gasteiger partial charge in [-0.15, -0.1) is 0 Å². The summed E-state index contributed by atoms with van der Waals surface area (Å²) in [5.74, 6) is 1.89. The number of aromatic amines is 2. The largest absolute Gasteiger partial charge is 0.383 e. The molecule has 5 heterocycles. The summed E-state index contributed by atoms with van der Waals surface area (Å²) in [5.41, 5.74) is 12.6. The van der Waals surface area contributed by atoms with Gasteiger partial charge in [0.25, 0.3) is 0 Å². The number of aromatic nitrogens is 6. The number of nitrogens with two attached hydrogens (primary N) is 1. The average molecular weight is 518 g/mol. The number of nitrogen functional groups attached to an aromatic ring is 1. The number of anilines is 2. The highest BCUT2D eigenvalue weighted by Gasteiger charge is 2.20. The van der Waals surface area contributed by atoms with Crippen LogP contribution in [0.15, 0.2) is 67.0 Å². The summed E-state index contributed by atoms with van der Waals surface area (Å²) >= 11 is 0. The number of carbonyl (C=O) groups excluding carboxylic acids is 1. The molecule has 10 nitrogen and oxygen atoms in total. The second-order valence-electron chi connectivity index (χ2n) is 9.84. The first-order chi connectivity index (χ1) is 19.0. The van der Waals surface area contributed by atoms with Gasteiger partial charge in [-0.3, -0.25) is 4.79 Å². The van der Waals surface area contributed by atoms with Crippen molar-refractivity contribution in [3.63, 3.8) is 0 Å². The van der Waals surface area contributed by atoms with Crippen LogP contribution in [-0.2, 0) is 0 Å². The molecule has 0 aliphatic carbocycles. The molecular formula is C29H27N9O. The molecule has 0 bridgehead atoms. The fraction of sp³-hybridized carbons (Fsp3) is 0.172. The quantitative estimate of drug-likeness (QED) is 0.256. The average Bonchev–Trinajstić information content (AvgIpc) is 3.68. The lowest BCUT2D eigenvalue weighted by atomic mass is 10.1. The Hall–Kier alpha value is -4.96. The van der Waals surface area contributed by atoms with E-state index in [0.717, 1.165) is 76.6 Å². The highest BCUT2D eigenvalue weighted by atomic mass is 16.1. The second-order valence-corrected chi connectivity index (χ2v) is 9.84. The summed E-state index contributed by atoms with van der Waals surface area (Å²) in [5, 5.41) is 8.71. The van der Waals surface area contributed by atoms with Crippen LogP contribution in [0.1, 0.15) is 21.9 Å². The van der Waals surface area contributed by atoms with Gasteiger partial charge >= 0.3 is 0 Å². The summed E-state index contributed by atoms with van der Waals surface area (Å²) in [6.45, 7) is 5.77. The lowest BCUT2D eigenvalue weighted by Crippen LogP contribution is -2.43. The van der Waals surface area contributed by atoms with Crippen LogP contribution in [0, 0.1) is 6.92 Å². The first-order valence-electron chi connectivity index (χ1n) is 12.9. The van der Waals surface area contributed by atoms with Gasteiger partial charge in [0.15, 0.2) is 0 Å². The Labute approximate surface area is 223 Å². The molecule has 5 N–H and O–H groups in total. The molecule has 0 atom stereocenters. The van der Waals surface area contributed by atoms with Crippen molar-refractivity contribution in [2.75, 3.05) is 36.8 Å². The van der Waals surface area contributed by atoms with Crippen LogP contribution >= 0.6 is 0 Å². The minimum absolute atomic E-state index is 0.213. The molecule has 6 aromatic rings. The summed E-state index contributed by atoms with van der Waals surface area (Å²) < 4.78 is 1.56. The fourth-order valence-corrected chi connectivity index (χ4v) is 5.20. The summed E-state index contributed by atoms with van der Waals surface area (Å²) in [7, 11) is 0. The highest BCUT2D eigenvalue weighted by molar-refractivity contribution is 6.12. The molecule has 0 amide bonds. The van der Waals surface area contributed by atoms with Crippen molar-refractivity contribution in [3.8, 4) is 16.8 Å². The molecule has 1 saturated heterocycles. The molecular weight excluding hydrogens is 490 g/mol. The number of hydrogen-bond donors (Lipinski definition) is 4. The Morgan fingerprint density at radius 3 is 2.59 bits per heavy atom. The summed E-state index contributed by atoms with van der Waals surface area (Å²) in [6, 6.07) is 17.8. The molecule has 0 saturated carbocycles. The number of ketones is 1. The molecule has 0 unspecified atom stereocenters. The van der Waals surface area contributed by atoms with Gasteiger partial charge in [-0.05, 0) is 55.0 Å². The number of imidazole rings is 1. The van der Waals surface area contributed by atoms with E-state index in [0.29, 0.717) is 11.3 Å². The molecule has 1 aliphatic heterocycles. The lowest BCUT2D eigenvalue weighted by molar-refractivity contribution is 0.103. The number of nitrogens with zero attached hydrogens (tertiary/aromatic N) is 5. The number of piperazine rings is 1. The Balaban J connectivity index is 1.15. The van der Waals surface area contributed by atoms with Crippen molar-refractivity contribution >= 4 is 39.4 Å². The molecule has 4 aromatic heterocycles. The third kappa shape index (κ3) is 4.11. The van der Waals surface area contributed by atoms with E-state index in [1.54, 1.807) is 4.68 Å². The van der Waals surface area contributed by atoms with Gasteiger partial charge in [0.2, 0.25) is 5.78 Å². The number of fused-ring (bicyclic) bond motifs is 2. The number of hydrogen-bond acceptors (Lipinski definition) is 7. The predicted octanol–water partition coefficient (Wildman–Crippen LogP) is 3.82. The SMILES string of the molecule is Cc1nc2cc(-n3ncc(C(=O)c4cc5ccc(-c6ccc(N7CCNCC7)nc6)cc5[nH]4)c3N)ccc2[nH]1. The Morgan fingerprint density at radius 1 is 0.923 bits per heavy atom. The first kappa shape index (κ1) is 23.2. The van der Waals surface area contributed by atoms with Crippen molar-refractivity contribution < 1.29 is 4.79 Å². The second kappa shape index (κ2) is 9.10. The van der Waals surface area contributed by atoms with Gasteiger partial charge in [-0.2, -0.15) is 5.10 Å². The first-order valence-corrected chi connectivity index (χ1v) is 12.9. The molecule has 2 aromatic carbocycles. The van der Waals surface area contributed by atoms with E-state index < -0.39 is 0 Å². The molecule has 39 heavy (non-hydrogen) atoms. The minimum atomic E-state index is -0.213. The minimum Gasteiger partial charge on any atom is -0.383 e. The van der Waals surface area contributed by atoms with Crippen molar-refractivity contribution in [1.82, 2.24) is 35.0 Å². The van der Waals surface area contributed by atoms with Gasteiger partial charge in [-0.1, -0.05) is 12.1 Å². The molecule has 1 fully saturated rings. The topological polar surface area (TPSA) is 134 Å². The predicted molar refractivity (Wildman–Crippen MR) is 152 cm³/mol. The maximum atomic E-state index is 13.4. The van der Waals surface area contributed by atoms with Crippen LogP contribution in [0.25, 0.3) is 38.8 Å². The number of benzene rings is 2. The molecule has 0 spiro atoms. The number of pyridine rings is 1. The Kier molecular flexibility index (Phi) is 5.41. The zero-order valence-electron chi connectivity index (χ0n) is 21.4. The van der Waals surface area contributed by atoms with Gasteiger partial charge in [0, 0.05) is 48.8 Å². The van der Waals surface area contributed by atoms with Crippen LogP contribution < -0.4 is 16.0 Å². The third-order valence-corrected chi connectivity index (χ3v) is 7.27. The fourth-order valence-electron chi connectivity index (χ4n) is 5.20. The maximum Gasteiger partial charge on any atom is 0.214 e. The monoisotopic (exact) mass is 517 g/mol. The van der Waals surface area contributed by atoms with E-state index in [4.69, 9.17) is 10.7 Å². The number of carbonyl (C=O) groups is 1. The van der Waals surface area contributed by atoms with Crippen molar-refractivity contribution in [3.05, 3.63) is 84.1 Å². The molecule has 0 radical (unpaired) electrons. The summed E-state index contributed by atoms with van der Waals surface area (Å²) in [4.78, 5) is 31.4. The molecule has 194 valence electrons. The lowest BCUT2D eigenvalue weighted by Gasteiger charge is -2.28. The van der Waals surface area contributed by atoms with Gasteiger partial charge in [0.05, 0.1) is 34.2 Å². The molecule has 7 rings (SSSR count). The van der Waals surface area contributed by atoms with E-state index in [1.807, 2.05) is 55.6 Å².